The molecule has 2 aromatic rings. The Kier molecular flexibility index (Phi) is 4.43. The second kappa shape index (κ2) is 6.35. The first-order valence-electron chi connectivity index (χ1n) is 7.10. The Morgan fingerprint density at radius 2 is 1.96 bits per heavy atom. The van der Waals surface area contributed by atoms with Crippen LogP contribution in [-0.4, -0.2) is 20.1 Å². The summed E-state index contributed by atoms with van der Waals surface area (Å²) in [5, 5.41) is 8.09. The molecule has 2 aromatic carbocycles. The molecular weight excluding hydrogens is 332 g/mol. The number of thioether (sulfide) groups is 1. The van der Waals surface area contributed by atoms with Crippen molar-refractivity contribution in [3.05, 3.63) is 59.7 Å². The van der Waals surface area contributed by atoms with Crippen LogP contribution in [0.1, 0.15) is 28.4 Å². The Hall–Kier alpha value is -1.83. The van der Waals surface area contributed by atoms with Gasteiger partial charge in [0, 0.05) is 16.2 Å². The lowest BCUT2D eigenvalue weighted by Gasteiger charge is -2.25. The lowest BCUT2D eigenvalue weighted by molar-refractivity contribution is 0.0934. The van der Waals surface area contributed by atoms with E-state index in [1.54, 1.807) is 17.8 Å². The van der Waals surface area contributed by atoms with E-state index in [1.165, 1.54) is 23.1 Å². The maximum atomic E-state index is 12.4. The smallest absolute Gasteiger partial charge is 0.251 e. The molecule has 0 spiro atoms. The average Bonchev–Trinajstić information content (AvgIpc) is 2.54. The molecule has 1 aliphatic rings. The van der Waals surface area contributed by atoms with E-state index in [0.717, 1.165) is 17.7 Å². The number of nitrogens with one attached hydrogen (secondary N) is 1. The molecular formula is C16H16N2O3S2. The standard InChI is InChI=1S/C16H16N2O3S2/c17-23(20,21)12-5-3-4-11(10-12)16(19)18-14-8-9-22-15-7-2-1-6-13(14)15/h1-7,10,14H,8-9H2,(H,18,19)(H2,17,20,21)/t14-/m0/s1. The van der Waals surface area contributed by atoms with Crippen LogP contribution in [0.3, 0.4) is 0 Å². The summed E-state index contributed by atoms with van der Waals surface area (Å²) >= 11 is 1.77. The fourth-order valence-electron chi connectivity index (χ4n) is 2.55. The summed E-state index contributed by atoms with van der Waals surface area (Å²) in [5.74, 6) is 0.626. The minimum Gasteiger partial charge on any atom is -0.345 e. The highest BCUT2D eigenvalue weighted by Gasteiger charge is 2.22. The number of rotatable bonds is 3. The number of nitrogens with two attached hydrogens (primary N) is 1. The number of fused-ring (bicyclic) bond motifs is 1. The van der Waals surface area contributed by atoms with Crippen LogP contribution in [0.4, 0.5) is 0 Å². The summed E-state index contributed by atoms with van der Waals surface area (Å²) in [5.41, 5.74) is 1.38. The Morgan fingerprint density at radius 3 is 2.74 bits per heavy atom. The van der Waals surface area contributed by atoms with E-state index in [-0.39, 0.29) is 22.4 Å². The van der Waals surface area contributed by atoms with Crippen molar-refractivity contribution in [3.8, 4) is 0 Å². The second-order valence-electron chi connectivity index (χ2n) is 5.27. The molecule has 23 heavy (non-hydrogen) atoms. The van der Waals surface area contributed by atoms with Crippen molar-refractivity contribution >= 4 is 27.7 Å². The largest absolute Gasteiger partial charge is 0.345 e. The highest BCUT2D eigenvalue weighted by atomic mass is 32.2. The predicted octanol–water partition coefficient (Wildman–Crippen LogP) is 2.30. The minimum atomic E-state index is -3.82. The zero-order valence-corrected chi connectivity index (χ0v) is 13.9. The Bertz CT molecular complexity index is 850. The van der Waals surface area contributed by atoms with Crippen LogP contribution in [0.25, 0.3) is 0 Å². The van der Waals surface area contributed by atoms with E-state index >= 15 is 0 Å². The van der Waals surface area contributed by atoms with Gasteiger partial charge in [-0.25, -0.2) is 13.6 Å². The maximum Gasteiger partial charge on any atom is 0.251 e. The Labute approximate surface area is 139 Å². The molecule has 5 nitrogen and oxygen atoms in total. The molecule has 0 fully saturated rings. The van der Waals surface area contributed by atoms with Crippen molar-refractivity contribution in [2.45, 2.75) is 22.3 Å². The molecule has 1 atom stereocenters. The van der Waals surface area contributed by atoms with Gasteiger partial charge in [0.2, 0.25) is 10.0 Å². The van der Waals surface area contributed by atoms with Crippen LogP contribution >= 0.6 is 11.8 Å². The summed E-state index contributed by atoms with van der Waals surface area (Å²) in [6.07, 6.45) is 0.836. The fourth-order valence-corrected chi connectivity index (χ4v) is 4.23. The summed E-state index contributed by atoms with van der Waals surface area (Å²) in [6.45, 7) is 0. The monoisotopic (exact) mass is 348 g/mol. The molecule has 0 aliphatic carbocycles. The van der Waals surface area contributed by atoms with Crippen molar-refractivity contribution in [3.63, 3.8) is 0 Å². The van der Waals surface area contributed by atoms with Gasteiger partial charge in [-0.2, -0.15) is 0 Å². The van der Waals surface area contributed by atoms with E-state index in [0.29, 0.717) is 0 Å². The number of hydrogen-bond acceptors (Lipinski definition) is 4. The maximum absolute atomic E-state index is 12.4. The lowest BCUT2D eigenvalue weighted by atomic mass is 10.0. The zero-order valence-electron chi connectivity index (χ0n) is 12.2. The van der Waals surface area contributed by atoms with Crippen LogP contribution in [0, 0.1) is 0 Å². The van der Waals surface area contributed by atoms with Crippen LogP contribution in [-0.2, 0) is 10.0 Å². The van der Waals surface area contributed by atoms with Crippen LogP contribution in [0.15, 0.2) is 58.3 Å². The highest BCUT2D eigenvalue weighted by molar-refractivity contribution is 7.99. The third-order valence-electron chi connectivity index (χ3n) is 3.69. The molecule has 3 rings (SSSR count). The minimum absolute atomic E-state index is 0.0650. The molecule has 0 radical (unpaired) electrons. The third-order valence-corrected chi connectivity index (χ3v) is 5.72. The number of sulfonamides is 1. The van der Waals surface area contributed by atoms with Gasteiger partial charge in [0.25, 0.3) is 5.91 Å². The molecule has 0 aromatic heterocycles. The molecule has 7 heteroatoms. The number of amides is 1. The topological polar surface area (TPSA) is 89.3 Å². The quantitative estimate of drug-likeness (QED) is 0.891. The number of carbonyl (C=O) groups excluding carboxylic acids is 1. The van der Waals surface area contributed by atoms with E-state index in [9.17, 15) is 13.2 Å². The molecule has 0 bridgehead atoms. The van der Waals surface area contributed by atoms with Gasteiger partial charge in [0.15, 0.2) is 0 Å². The number of hydrogen-bond donors (Lipinski definition) is 2. The van der Waals surface area contributed by atoms with Gasteiger partial charge < -0.3 is 5.32 Å². The van der Waals surface area contributed by atoms with Gasteiger partial charge >= 0.3 is 0 Å². The highest BCUT2D eigenvalue weighted by Crippen LogP contribution is 2.35. The van der Waals surface area contributed by atoms with Gasteiger partial charge in [0.1, 0.15) is 0 Å². The molecule has 1 amide bonds. The SMILES string of the molecule is NS(=O)(=O)c1cccc(C(=O)N[C@H]2CCSc3ccccc32)c1. The van der Waals surface area contributed by atoms with E-state index in [4.69, 9.17) is 5.14 Å². The lowest BCUT2D eigenvalue weighted by Crippen LogP contribution is -2.30. The molecule has 1 aliphatic heterocycles. The molecule has 1 heterocycles. The normalized spacial score (nSPS) is 17.3. The second-order valence-corrected chi connectivity index (χ2v) is 7.97. The van der Waals surface area contributed by atoms with Crippen LogP contribution in [0.2, 0.25) is 0 Å². The van der Waals surface area contributed by atoms with Crippen LogP contribution < -0.4 is 10.5 Å². The molecule has 3 N–H and O–H groups in total. The average molecular weight is 348 g/mol. The van der Waals surface area contributed by atoms with Gasteiger partial charge in [0.05, 0.1) is 10.9 Å². The van der Waals surface area contributed by atoms with Gasteiger partial charge in [-0.05, 0) is 36.2 Å². The Morgan fingerprint density at radius 1 is 1.17 bits per heavy atom. The van der Waals surface area contributed by atoms with E-state index in [2.05, 4.69) is 5.32 Å². The molecule has 0 saturated carbocycles. The van der Waals surface area contributed by atoms with Gasteiger partial charge in [-0.1, -0.05) is 24.3 Å². The first-order chi connectivity index (χ1) is 10.9. The predicted molar refractivity (Wildman–Crippen MR) is 89.8 cm³/mol. The summed E-state index contributed by atoms with van der Waals surface area (Å²) < 4.78 is 22.8. The van der Waals surface area contributed by atoms with Crippen molar-refractivity contribution in [2.24, 2.45) is 5.14 Å². The number of primary sulfonamides is 1. The fraction of sp³-hybridized carbons (Fsp3) is 0.188. The first kappa shape index (κ1) is 16.0. The summed E-state index contributed by atoms with van der Waals surface area (Å²) in [7, 11) is -3.82. The van der Waals surface area contributed by atoms with Crippen LogP contribution in [0.5, 0.6) is 0 Å². The number of carbonyl (C=O) groups is 1. The summed E-state index contributed by atoms with van der Waals surface area (Å²) in [4.78, 5) is 13.6. The zero-order chi connectivity index (χ0) is 16.4. The first-order valence-corrected chi connectivity index (χ1v) is 9.64. The summed E-state index contributed by atoms with van der Waals surface area (Å²) in [6, 6.07) is 13.7. The van der Waals surface area contributed by atoms with Gasteiger partial charge in [-0.15, -0.1) is 11.8 Å². The Balaban J connectivity index is 1.84. The van der Waals surface area contributed by atoms with Gasteiger partial charge in [-0.3, -0.25) is 4.79 Å². The third kappa shape index (κ3) is 3.57. The number of benzene rings is 2. The van der Waals surface area contributed by atoms with Crippen molar-refractivity contribution < 1.29 is 13.2 Å². The molecule has 0 unspecified atom stereocenters. The molecule has 120 valence electrons. The molecule has 0 saturated heterocycles. The van der Waals surface area contributed by atoms with Crippen molar-refractivity contribution in [1.82, 2.24) is 5.32 Å². The van der Waals surface area contributed by atoms with E-state index in [1.807, 2.05) is 24.3 Å². The van der Waals surface area contributed by atoms with Crippen molar-refractivity contribution in [1.29, 1.82) is 0 Å². The van der Waals surface area contributed by atoms with E-state index < -0.39 is 10.0 Å². The van der Waals surface area contributed by atoms with Crippen molar-refractivity contribution in [2.75, 3.05) is 5.75 Å².